The fourth-order valence-corrected chi connectivity index (χ4v) is 4.11. The number of carbonyl (C=O) groups excluding carboxylic acids is 1. The lowest BCUT2D eigenvalue weighted by atomic mass is 10.1. The summed E-state index contributed by atoms with van der Waals surface area (Å²) in [5, 5.41) is 12.9. The van der Waals surface area contributed by atoms with Crippen LogP contribution in [-0.4, -0.2) is 33.2 Å². The zero-order chi connectivity index (χ0) is 21.1. The second-order valence-corrected chi connectivity index (χ2v) is 7.80. The molecule has 0 fully saturated rings. The third-order valence-corrected chi connectivity index (χ3v) is 5.62. The summed E-state index contributed by atoms with van der Waals surface area (Å²) in [7, 11) is 0. The Morgan fingerprint density at radius 3 is 2.77 bits per heavy atom. The standard InChI is InChI=1S/C23H20N2O4S/c1-15(26)17-8-5-9-19(10-17)29-12-18(27)11-25-14-24-22-21(23(25)28)20(13-30-22)16-6-3-2-4-7-16/h2-10,13-14,18,27H,11-12H2,1H3. The number of aromatic nitrogens is 2. The molecule has 0 bridgehead atoms. The Hall–Kier alpha value is -3.29. The fraction of sp³-hybridized carbons (Fsp3) is 0.174. The minimum absolute atomic E-state index is 0.0129. The molecule has 0 aliphatic heterocycles. The Morgan fingerprint density at radius 2 is 2.00 bits per heavy atom. The molecular weight excluding hydrogens is 400 g/mol. The molecule has 0 aliphatic rings. The second-order valence-electron chi connectivity index (χ2n) is 6.95. The minimum atomic E-state index is -0.915. The van der Waals surface area contributed by atoms with E-state index in [-0.39, 0.29) is 24.5 Å². The van der Waals surface area contributed by atoms with Crippen LogP contribution in [0.3, 0.4) is 0 Å². The highest BCUT2D eigenvalue weighted by Gasteiger charge is 2.15. The Bertz CT molecular complexity index is 1250. The van der Waals surface area contributed by atoms with Crippen LogP contribution in [-0.2, 0) is 6.54 Å². The van der Waals surface area contributed by atoms with Crippen LogP contribution in [0.1, 0.15) is 17.3 Å². The van der Waals surface area contributed by atoms with Crippen molar-refractivity contribution in [2.45, 2.75) is 19.6 Å². The highest BCUT2D eigenvalue weighted by molar-refractivity contribution is 7.17. The lowest BCUT2D eigenvalue weighted by Crippen LogP contribution is -2.30. The van der Waals surface area contributed by atoms with Crippen molar-refractivity contribution in [3.05, 3.63) is 82.2 Å². The number of aliphatic hydroxyl groups excluding tert-OH is 1. The number of ketones is 1. The topological polar surface area (TPSA) is 81.4 Å². The molecular formula is C23H20N2O4S. The van der Waals surface area contributed by atoms with Gasteiger partial charge in [-0.1, -0.05) is 42.5 Å². The average Bonchev–Trinajstić information content (AvgIpc) is 3.20. The third-order valence-electron chi connectivity index (χ3n) is 4.74. The maximum absolute atomic E-state index is 13.1. The van der Waals surface area contributed by atoms with Crippen molar-refractivity contribution >= 4 is 27.3 Å². The molecule has 1 unspecified atom stereocenters. The molecule has 1 atom stereocenters. The third kappa shape index (κ3) is 4.17. The van der Waals surface area contributed by atoms with Gasteiger partial charge in [0.25, 0.3) is 5.56 Å². The predicted molar refractivity (Wildman–Crippen MR) is 117 cm³/mol. The van der Waals surface area contributed by atoms with E-state index < -0.39 is 6.10 Å². The smallest absolute Gasteiger partial charge is 0.262 e. The van der Waals surface area contributed by atoms with Gasteiger partial charge in [0.1, 0.15) is 23.3 Å². The van der Waals surface area contributed by atoms with E-state index in [0.29, 0.717) is 21.5 Å². The number of benzene rings is 2. The Morgan fingerprint density at radius 1 is 1.20 bits per heavy atom. The van der Waals surface area contributed by atoms with E-state index in [1.807, 2.05) is 35.7 Å². The number of ether oxygens (including phenoxy) is 1. The molecule has 2 aromatic carbocycles. The van der Waals surface area contributed by atoms with Gasteiger partial charge in [-0.05, 0) is 24.6 Å². The van der Waals surface area contributed by atoms with E-state index in [2.05, 4.69) is 4.98 Å². The summed E-state index contributed by atoms with van der Waals surface area (Å²) in [6.07, 6.45) is 0.539. The minimum Gasteiger partial charge on any atom is -0.491 e. The van der Waals surface area contributed by atoms with Crippen molar-refractivity contribution in [1.29, 1.82) is 0 Å². The fourth-order valence-electron chi connectivity index (χ4n) is 3.20. The summed E-state index contributed by atoms with van der Waals surface area (Å²) in [5.74, 6) is 0.434. The zero-order valence-corrected chi connectivity index (χ0v) is 17.1. The Labute approximate surface area is 177 Å². The lowest BCUT2D eigenvalue weighted by Gasteiger charge is -2.14. The molecule has 2 heterocycles. The molecule has 6 nitrogen and oxygen atoms in total. The molecule has 0 radical (unpaired) electrons. The summed E-state index contributed by atoms with van der Waals surface area (Å²) >= 11 is 1.42. The highest BCUT2D eigenvalue weighted by Crippen LogP contribution is 2.30. The van der Waals surface area contributed by atoms with Crippen LogP contribution in [0, 0.1) is 0 Å². The van der Waals surface area contributed by atoms with Gasteiger partial charge in [-0.25, -0.2) is 4.98 Å². The summed E-state index contributed by atoms with van der Waals surface area (Å²) < 4.78 is 7.00. The summed E-state index contributed by atoms with van der Waals surface area (Å²) in [5.41, 5.74) is 2.14. The molecule has 4 rings (SSSR count). The molecule has 4 aromatic rings. The van der Waals surface area contributed by atoms with E-state index in [0.717, 1.165) is 11.1 Å². The maximum atomic E-state index is 13.1. The maximum Gasteiger partial charge on any atom is 0.262 e. The van der Waals surface area contributed by atoms with E-state index in [9.17, 15) is 14.7 Å². The second kappa shape index (κ2) is 8.61. The summed E-state index contributed by atoms with van der Waals surface area (Å²) in [4.78, 5) is 29.6. The average molecular weight is 420 g/mol. The van der Waals surface area contributed by atoms with Gasteiger partial charge in [0.15, 0.2) is 5.78 Å². The van der Waals surface area contributed by atoms with E-state index in [1.54, 1.807) is 24.3 Å². The van der Waals surface area contributed by atoms with Gasteiger partial charge in [0, 0.05) is 16.5 Å². The largest absolute Gasteiger partial charge is 0.491 e. The molecule has 0 aliphatic carbocycles. The normalized spacial score (nSPS) is 12.1. The highest BCUT2D eigenvalue weighted by atomic mass is 32.1. The molecule has 1 N–H and O–H groups in total. The molecule has 0 saturated carbocycles. The van der Waals surface area contributed by atoms with E-state index in [4.69, 9.17) is 4.74 Å². The molecule has 30 heavy (non-hydrogen) atoms. The van der Waals surface area contributed by atoms with Gasteiger partial charge in [0.05, 0.1) is 18.3 Å². The number of thiophene rings is 1. The van der Waals surface area contributed by atoms with Gasteiger partial charge in [-0.15, -0.1) is 11.3 Å². The molecule has 7 heteroatoms. The molecule has 0 spiro atoms. The van der Waals surface area contributed by atoms with Crippen LogP contribution in [0.4, 0.5) is 0 Å². The quantitative estimate of drug-likeness (QED) is 0.460. The number of nitrogens with zero attached hydrogens (tertiary/aromatic N) is 2. The van der Waals surface area contributed by atoms with Gasteiger partial charge in [-0.2, -0.15) is 0 Å². The van der Waals surface area contributed by atoms with Crippen molar-refractivity contribution in [3.63, 3.8) is 0 Å². The number of hydrogen-bond donors (Lipinski definition) is 1. The van der Waals surface area contributed by atoms with Crippen LogP contribution in [0.15, 0.2) is 71.1 Å². The number of carbonyl (C=O) groups is 1. The van der Waals surface area contributed by atoms with Crippen molar-refractivity contribution in [1.82, 2.24) is 9.55 Å². The van der Waals surface area contributed by atoms with Crippen LogP contribution < -0.4 is 10.3 Å². The monoisotopic (exact) mass is 420 g/mol. The first-order chi connectivity index (χ1) is 14.5. The molecule has 0 amide bonds. The van der Waals surface area contributed by atoms with Crippen LogP contribution in [0.25, 0.3) is 21.3 Å². The molecule has 2 aromatic heterocycles. The van der Waals surface area contributed by atoms with Crippen molar-refractivity contribution in [2.24, 2.45) is 0 Å². The molecule has 152 valence electrons. The van der Waals surface area contributed by atoms with Crippen LogP contribution in [0.2, 0.25) is 0 Å². The Kier molecular flexibility index (Phi) is 5.74. The van der Waals surface area contributed by atoms with Crippen molar-refractivity contribution < 1.29 is 14.6 Å². The number of hydrogen-bond acceptors (Lipinski definition) is 6. The van der Waals surface area contributed by atoms with E-state index >= 15 is 0 Å². The van der Waals surface area contributed by atoms with Crippen LogP contribution in [0.5, 0.6) is 5.75 Å². The van der Waals surface area contributed by atoms with E-state index in [1.165, 1.54) is 29.2 Å². The first kappa shape index (κ1) is 20.0. The van der Waals surface area contributed by atoms with Gasteiger partial charge >= 0.3 is 0 Å². The first-order valence-electron chi connectivity index (χ1n) is 9.47. The zero-order valence-electron chi connectivity index (χ0n) is 16.3. The van der Waals surface area contributed by atoms with Gasteiger partial charge in [0.2, 0.25) is 0 Å². The van der Waals surface area contributed by atoms with Crippen molar-refractivity contribution in [2.75, 3.05) is 6.61 Å². The number of rotatable bonds is 7. The summed E-state index contributed by atoms with van der Waals surface area (Å²) in [6.45, 7) is 1.52. The van der Waals surface area contributed by atoms with Crippen LogP contribution >= 0.6 is 11.3 Å². The van der Waals surface area contributed by atoms with Crippen molar-refractivity contribution in [3.8, 4) is 16.9 Å². The first-order valence-corrected chi connectivity index (χ1v) is 10.3. The van der Waals surface area contributed by atoms with Gasteiger partial charge in [-0.3, -0.25) is 14.2 Å². The number of fused-ring (bicyclic) bond motifs is 1. The van der Waals surface area contributed by atoms with Gasteiger partial charge < -0.3 is 9.84 Å². The number of Topliss-reactive ketones (excluding diaryl/α,β-unsaturated/α-hetero) is 1. The SMILES string of the molecule is CC(=O)c1cccc(OCC(O)Cn2cnc3scc(-c4ccccc4)c3c2=O)c1. The predicted octanol–water partition coefficient (Wildman–Crippen LogP) is 3.77. The molecule has 0 saturated heterocycles. The Balaban J connectivity index is 1.52. The lowest BCUT2D eigenvalue weighted by molar-refractivity contribution is 0.0913. The number of aliphatic hydroxyl groups is 1. The summed E-state index contributed by atoms with van der Waals surface area (Å²) in [6, 6.07) is 16.5.